The summed E-state index contributed by atoms with van der Waals surface area (Å²) >= 11 is 5.80. The fourth-order valence-corrected chi connectivity index (χ4v) is 2.21. The lowest BCUT2D eigenvalue weighted by Gasteiger charge is -2.17. The van der Waals surface area contributed by atoms with Gasteiger partial charge in [-0.15, -0.1) is 6.58 Å². The van der Waals surface area contributed by atoms with Gasteiger partial charge >= 0.3 is 0 Å². The van der Waals surface area contributed by atoms with Gasteiger partial charge in [-0.3, -0.25) is 0 Å². The molecule has 1 atom stereocenters. The number of hydrogen-bond donors (Lipinski definition) is 1. The molecule has 1 unspecified atom stereocenters. The van der Waals surface area contributed by atoms with E-state index in [1.807, 2.05) is 13.1 Å². The monoisotopic (exact) mass is 269 g/mol. The van der Waals surface area contributed by atoms with Crippen molar-refractivity contribution in [3.05, 3.63) is 47.3 Å². The van der Waals surface area contributed by atoms with E-state index in [1.54, 1.807) is 12.1 Å². The summed E-state index contributed by atoms with van der Waals surface area (Å²) in [5.41, 5.74) is 1.05. The molecule has 1 N–H and O–H groups in total. The first-order chi connectivity index (χ1) is 8.69. The molecule has 0 amide bonds. The van der Waals surface area contributed by atoms with Crippen molar-refractivity contribution in [2.75, 3.05) is 7.05 Å². The second-order valence-electron chi connectivity index (χ2n) is 4.44. The summed E-state index contributed by atoms with van der Waals surface area (Å²) in [7, 11) is 1.92. The molecule has 0 aliphatic heterocycles. The highest BCUT2D eigenvalue weighted by Crippen LogP contribution is 2.24. The van der Waals surface area contributed by atoms with Gasteiger partial charge < -0.3 is 5.32 Å². The van der Waals surface area contributed by atoms with Gasteiger partial charge in [0.15, 0.2) is 0 Å². The molecule has 0 spiro atoms. The minimum atomic E-state index is -0.360. The molecular weight excluding hydrogens is 249 g/mol. The van der Waals surface area contributed by atoms with Crippen molar-refractivity contribution in [1.29, 1.82) is 0 Å². The van der Waals surface area contributed by atoms with E-state index in [4.69, 9.17) is 11.6 Å². The van der Waals surface area contributed by atoms with Crippen LogP contribution in [0.2, 0.25) is 5.02 Å². The van der Waals surface area contributed by atoms with E-state index in [1.165, 1.54) is 18.9 Å². The molecule has 1 rings (SSSR count). The summed E-state index contributed by atoms with van der Waals surface area (Å²) in [5, 5.41) is 3.45. The third-order valence-electron chi connectivity index (χ3n) is 3.10. The van der Waals surface area contributed by atoms with E-state index in [-0.39, 0.29) is 16.9 Å². The molecule has 100 valence electrons. The van der Waals surface area contributed by atoms with Crippen LogP contribution in [0.1, 0.15) is 43.7 Å². The van der Waals surface area contributed by atoms with Crippen LogP contribution in [0, 0.1) is 5.82 Å². The van der Waals surface area contributed by atoms with Gasteiger partial charge in [0.1, 0.15) is 5.82 Å². The summed E-state index contributed by atoms with van der Waals surface area (Å²) in [6.45, 7) is 3.71. The van der Waals surface area contributed by atoms with Gasteiger partial charge in [-0.25, -0.2) is 4.39 Å². The molecule has 0 aliphatic carbocycles. The SMILES string of the molecule is C=CCCCCCC(NC)c1ccc(F)c(Cl)c1. The fourth-order valence-electron chi connectivity index (χ4n) is 2.02. The van der Waals surface area contributed by atoms with E-state index in [2.05, 4.69) is 11.9 Å². The Kier molecular flexibility index (Phi) is 6.99. The van der Waals surface area contributed by atoms with Gasteiger partial charge in [0, 0.05) is 6.04 Å². The Morgan fingerprint density at radius 2 is 2.17 bits per heavy atom. The zero-order valence-corrected chi connectivity index (χ0v) is 11.6. The first-order valence-corrected chi connectivity index (χ1v) is 6.80. The normalized spacial score (nSPS) is 12.4. The molecule has 3 heteroatoms. The maximum atomic E-state index is 13.1. The summed E-state index contributed by atoms with van der Waals surface area (Å²) in [6.07, 6.45) is 7.59. The molecule has 0 aromatic heterocycles. The molecule has 0 aliphatic rings. The summed E-state index contributed by atoms with van der Waals surface area (Å²) in [5.74, 6) is -0.360. The Labute approximate surface area is 114 Å². The standard InChI is InChI=1S/C15H21ClFN/c1-3-4-5-6-7-8-15(18-2)12-9-10-14(17)13(16)11-12/h3,9-11,15,18H,1,4-8H2,2H3. The van der Waals surface area contributed by atoms with E-state index < -0.39 is 0 Å². The Morgan fingerprint density at radius 3 is 2.78 bits per heavy atom. The predicted octanol–water partition coefficient (Wildman–Crippen LogP) is 4.88. The second-order valence-corrected chi connectivity index (χ2v) is 4.85. The summed E-state index contributed by atoms with van der Waals surface area (Å²) in [4.78, 5) is 0. The molecule has 0 fully saturated rings. The van der Waals surface area contributed by atoms with Crippen LogP contribution in [0.15, 0.2) is 30.9 Å². The number of nitrogens with one attached hydrogen (secondary N) is 1. The number of unbranched alkanes of at least 4 members (excludes halogenated alkanes) is 3. The fraction of sp³-hybridized carbons (Fsp3) is 0.467. The van der Waals surface area contributed by atoms with Crippen molar-refractivity contribution < 1.29 is 4.39 Å². The molecule has 0 saturated heterocycles. The van der Waals surface area contributed by atoms with Gasteiger partial charge in [0.25, 0.3) is 0 Å². The average Bonchev–Trinajstić information content (AvgIpc) is 2.37. The van der Waals surface area contributed by atoms with E-state index in [0.717, 1.165) is 24.8 Å². The molecule has 1 aromatic rings. The molecular formula is C15H21ClFN. The molecule has 1 nitrogen and oxygen atoms in total. The zero-order valence-electron chi connectivity index (χ0n) is 10.9. The van der Waals surface area contributed by atoms with Crippen LogP contribution in [0.25, 0.3) is 0 Å². The Bertz CT molecular complexity index is 379. The number of benzene rings is 1. The maximum Gasteiger partial charge on any atom is 0.141 e. The first-order valence-electron chi connectivity index (χ1n) is 6.42. The molecule has 0 saturated carbocycles. The van der Waals surface area contributed by atoms with Gasteiger partial charge in [0.05, 0.1) is 5.02 Å². The highest BCUT2D eigenvalue weighted by molar-refractivity contribution is 6.30. The zero-order chi connectivity index (χ0) is 13.4. The van der Waals surface area contributed by atoms with Crippen LogP contribution in [-0.4, -0.2) is 7.05 Å². The average molecular weight is 270 g/mol. The lowest BCUT2D eigenvalue weighted by Crippen LogP contribution is -2.16. The van der Waals surface area contributed by atoms with Crippen LogP contribution < -0.4 is 5.32 Å². The molecule has 1 aromatic carbocycles. The Morgan fingerprint density at radius 1 is 1.39 bits per heavy atom. The quantitative estimate of drug-likeness (QED) is 0.524. The van der Waals surface area contributed by atoms with Crippen LogP contribution in [0.5, 0.6) is 0 Å². The minimum absolute atomic E-state index is 0.194. The minimum Gasteiger partial charge on any atom is -0.313 e. The largest absolute Gasteiger partial charge is 0.313 e. The third-order valence-corrected chi connectivity index (χ3v) is 3.39. The van der Waals surface area contributed by atoms with Gasteiger partial charge in [-0.1, -0.05) is 36.6 Å². The summed E-state index contributed by atoms with van der Waals surface area (Å²) < 4.78 is 13.1. The smallest absolute Gasteiger partial charge is 0.141 e. The Balaban J connectivity index is 2.49. The van der Waals surface area contributed by atoms with Crippen molar-refractivity contribution >= 4 is 11.6 Å². The highest BCUT2D eigenvalue weighted by Gasteiger charge is 2.10. The van der Waals surface area contributed by atoms with Crippen molar-refractivity contribution in [3.8, 4) is 0 Å². The lowest BCUT2D eigenvalue weighted by atomic mass is 10.00. The van der Waals surface area contributed by atoms with Crippen molar-refractivity contribution in [2.45, 2.75) is 38.1 Å². The van der Waals surface area contributed by atoms with Gasteiger partial charge in [-0.05, 0) is 44.0 Å². The lowest BCUT2D eigenvalue weighted by molar-refractivity contribution is 0.507. The van der Waals surface area contributed by atoms with Gasteiger partial charge in [0.2, 0.25) is 0 Å². The van der Waals surface area contributed by atoms with E-state index in [9.17, 15) is 4.39 Å². The highest BCUT2D eigenvalue weighted by atomic mass is 35.5. The molecule has 18 heavy (non-hydrogen) atoms. The van der Waals surface area contributed by atoms with Crippen LogP contribution >= 0.6 is 11.6 Å². The Hall–Kier alpha value is -0.860. The first kappa shape index (κ1) is 15.2. The third kappa shape index (κ3) is 4.79. The van der Waals surface area contributed by atoms with Gasteiger partial charge in [-0.2, -0.15) is 0 Å². The molecule has 0 radical (unpaired) electrons. The predicted molar refractivity (Wildman–Crippen MR) is 76.5 cm³/mol. The van der Waals surface area contributed by atoms with Crippen LogP contribution in [-0.2, 0) is 0 Å². The van der Waals surface area contributed by atoms with E-state index >= 15 is 0 Å². The molecule has 0 heterocycles. The molecule has 0 bridgehead atoms. The second kappa shape index (κ2) is 8.28. The topological polar surface area (TPSA) is 12.0 Å². The van der Waals surface area contributed by atoms with Crippen LogP contribution in [0.4, 0.5) is 4.39 Å². The maximum absolute atomic E-state index is 13.1. The van der Waals surface area contributed by atoms with Crippen molar-refractivity contribution in [1.82, 2.24) is 5.32 Å². The van der Waals surface area contributed by atoms with E-state index in [0.29, 0.717) is 0 Å². The number of hydrogen-bond acceptors (Lipinski definition) is 1. The number of rotatable bonds is 8. The van der Waals surface area contributed by atoms with Crippen molar-refractivity contribution in [2.24, 2.45) is 0 Å². The summed E-state index contributed by atoms with van der Waals surface area (Å²) in [6, 6.07) is 5.18. The number of allylic oxidation sites excluding steroid dienone is 1. The van der Waals surface area contributed by atoms with Crippen molar-refractivity contribution in [3.63, 3.8) is 0 Å². The number of halogens is 2. The van der Waals surface area contributed by atoms with Crippen LogP contribution in [0.3, 0.4) is 0 Å².